The Morgan fingerprint density at radius 1 is 1.00 bits per heavy atom. The average Bonchev–Trinajstić information content (AvgIpc) is 2.57. The number of amides is 2. The minimum atomic E-state index is -0.187. The molecule has 0 fully saturated rings. The summed E-state index contributed by atoms with van der Waals surface area (Å²) in [6.45, 7) is 2.69. The third-order valence-corrected chi connectivity index (χ3v) is 3.13. The lowest BCUT2D eigenvalue weighted by atomic mass is 10.2. The van der Waals surface area contributed by atoms with E-state index in [4.69, 9.17) is 4.74 Å². The fourth-order valence-corrected chi connectivity index (χ4v) is 2.05. The Morgan fingerprint density at radius 2 is 1.70 bits per heavy atom. The summed E-state index contributed by atoms with van der Waals surface area (Å²) in [5.41, 5.74) is 1.21. The fraction of sp³-hybridized carbons (Fsp3) is 0.222. The van der Waals surface area contributed by atoms with Gasteiger partial charge in [0.1, 0.15) is 5.75 Å². The number of nitrogens with one attached hydrogen (secondary N) is 2. The summed E-state index contributed by atoms with van der Waals surface area (Å²) in [6, 6.07) is 16.2. The summed E-state index contributed by atoms with van der Waals surface area (Å²) < 4.78 is 5.45. The zero-order valence-corrected chi connectivity index (χ0v) is 13.0. The molecule has 0 heterocycles. The van der Waals surface area contributed by atoms with E-state index in [0.717, 1.165) is 0 Å². The Hall–Kier alpha value is -2.82. The van der Waals surface area contributed by atoms with Crippen molar-refractivity contribution in [2.45, 2.75) is 13.3 Å². The van der Waals surface area contributed by atoms with Crippen molar-refractivity contribution in [1.29, 1.82) is 0 Å². The quantitative estimate of drug-likeness (QED) is 0.826. The lowest BCUT2D eigenvalue weighted by Gasteiger charge is -2.11. The summed E-state index contributed by atoms with van der Waals surface area (Å²) in [5.74, 6) is 0.273. The molecule has 5 heteroatoms. The molecule has 5 nitrogen and oxygen atoms in total. The molecule has 0 bridgehead atoms. The Kier molecular flexibility index (Phi) is 6.17. The van der Waals surface area contributed by atoms with Crippen molar-refractivity contribution < 1.29 is 14.3 Å². The monoisotopic (exact) mass is 312 g/mol. The van der Waals surface area contributed by atoms with Crippen molar-refractivity contribution >= 4 is 17.5 Å². The maximum Gasteiger partial charge on any atom is 0.251 e. The van der Waals surface area contributed by atoms with Gasteiger partial charge in [-0.2, -0.15) is 0 Å². The minimum Gasteiger partial charge on any atom is -0.492 e. The van der Waals surface area contributed by atoms with E-state index in [1.54, 1.807) is 36.4 Å². The Bertz CT molecular complexity index is 656. The molecular weight excluding hydrogens is 292 g/mol. The van der Waals surface area contributed by atoms with Gasteiger partial charge in [0.05, 0.1) is 12.3 Å². The number of rotatable bonds is 7. The molecule has 2 aromatic rings. The van der Waals surface area contributed by atoms with E-state index in [0.29, 0.717) is 23.6 Å². The van der Waals surface area contributed by atoms with Gasteiger partial charge in [0.15, 0.2) is 0 Å². The van der Waals surface area contributed by atoms with Crippen LogP contribution >= 0.6 is 0 Å². The highest BCUT2D eigenvalue weighted by molar-refractivity contribution is 5.95. The van der Waals surface area contributed by atoms with Crippen LogP contribution in [0.1, 0.15) is 23.7 Å². The van der Waals surface area contributed by atoms with Crippen LogP contribution in [0, 0.1) is 0 Å². The average molecular weight is 312 g/mol. The van der Waals surface area contributed by atoms with Crippen LogP contribution in [0.5, 0.6) is 5.75 Å². The first-order chi connectivity index (χ1) is 11.2. The Labute approximate surface area is 135 Å². The maximum absolute atomic E-state index is 12.0. The smallest absolute Gasteiger partial charge is 0.251 e. The highest BCUT2D eigenvalue weighted by Crippen LogP contribution is 2.23. The molecule has 0 spiro atoms. The molecule has 0 aromatic heterocycles. The van der Waals surface area contributed by atoms with E-state index in [1.807, 2.05) is 25.1 Å². The number of carbonyl (C=O) groups excluding carboxylic acids is 2. The molecule has 0 aliphatic heterocycles. The van der Waals surface area contributed by atoms with Crippen LogP contribution in [-0.4, -0.2) is 25.0 Å². The number of hydrogen-bond donors (Lipinski definition) is 2. The molecule has 0 saturated heterocycles. The topological polar surface area (TPSA) is 67.4 Å². The van der Waals surface area contributed by atoms with E-state index in [1.165, 1.54) is 0 Å². The van der Waals surface area contributed by atoms with Gasteiger partial charge in [-0.25, -0.2) is 0 Å². The zero-order valence-electron chi connectivity index (χ0n) is 13.0. The van der Waals surface area contributed by atoms with Gasteiger partial charge in [0.2, 0.25) is 5.91 Å². The number of para-hydroxylation sites is 2. The van der Waals surface area contributed by atoms with Crippen molar-refractivity contribution in [3.63, 3.8) is 0 Å². The SMILES string of the molecule is CCOc1ccccc1NC(=O)CCNC(=O)c1ccccc1. The molecule has 0 aliphatic carbocycles. The van der Waals surface area contributed by atoms with Crippen LogP contribution in [0.15, 0.2) is 54.6 Å². The van der Waals surface area contributed by atoms with Gasteiger partial charge in [0.25, 0.3) is 5.91 Å². The van der Waals surface area contributed by atoms with E-state index in [9.17, 15) is 9.59 Å². The number of carbonyl (C=O) groups is 2. The summed E-state index contributed by atoms with van der Waals surface area (Å²) in [7, 11) is 0. The second-order valence-corrected chi connectivity index (χ2v) is 4.85. The Balaban J connectivity index is 1.81. The third kappa shape index (κ3) is 5.14. The molecule has 2 amide bonds. The number of hydrogen-bond acceptors (Lipinski definition) is 3. The summed E-state index contributed by atoms with van der Waals surface area (Å²) in [4.78, 5) is 23.8. The molecule has 0 saturated carbocycles. The van der Waals surface area contributed by atoms with E-state index >= 15 is 0 Å². The molecule has 0 radical (unpaired) electrons. The predicted octanol–water partition coefficient (Wildman–Crippen LogP) is 2.84. The standard InChI is InChI=1S/C18H20N2O3/c1-2-23-16-11-7-6-10-15(16)20-17(21)12-13-19-18(22)14-8-4-3-5-9-14/h3-11H,2,12-13H2,1H3,(H,19,22)(H,20,21). The second-order valence-electron chi connectivity index (χ2n) is 4.85. The highest BCUT2D eigenvalue weighted by Gasteiger charge is 2.08. The van der Waals surface area contributed by atoms with Crippen molar-refractivity contribution in [3.05, 3.63) is 60.2 Å². The van der Waals surface area contributed by atoms with Crippen LogP contribution in [-0.2, 0) is 4.79 Å². The van der Waals surface area contributed by atoms with Crippen molar-refractivity contribution in [2.24, 2.45) is 0 Å². The molecule has 2 aromatic carbocycles. The summed E-state index contributed by atoms with van der Waals surface area (Å²) in [6.07, 6.45) is 0.193. The van der Waals surface area contributed by atoms with Crippen molar-refractivity contribution in [2.75, 3.05) is 18.5 Å². The fourth-order valence-electron chi connectivity index (χ4n) is 2.05. The first kappa shape index (κ1) is 16.5. The Morgan fingerprint density at radius 3 is 2.43 bits per heavy atom. The first-order valence-electron chi connectivity index (χ1n) is 7.55. The molecule has 0 aliphatic rings. The number of benzene rings is 2. The first-order valence-corrected chi connectivity index (χ1v) is 7.55. The van der Waals surface area contributed by atoms with Crippen LogP contribution in [0.25, 0.3) is 0 Å². The summed E-state index contributed by atoms with van der Waals surface area (Å²) >= 11 is 0. The van der Waals surface area contributed by atoms with Crippen LogP contribution in [0.4, 0.5) is 5.69 Å². The lowest BCUT2D eigenvalue weighted by Crippen LogP contribution is -2.27. The van der Waals surface area contributed by atoms with Crippen molar-refractivity contribution in [1.82, 2.24) is 5.32 Å². The van der Waals surface area contributed by atoms with Gasteiger partial charge in [-0.05, 0) is 31.2 Å². The molecular formula is C18H20N2O3. The molecule has 2 N–H and O–H groups in total. The lowest BCUT2D eigenvalue weighted by molar-refractivity contribution is -0.116. The molecule has 120 valence electrons. The maximum atomic E-state index is 12.0. The molecule has 2 rings (SSSR count). The van der Waals surface area contributed by atoms with Gasteiger partial charge >= 0.3 is 0 Å². The van der Waals surface area contributed by atoms with E-state index < -0.39 is 0 Å². The molecule has 0 unspecified atom stereocenters. The normalized spacial score (nSPS) is 9.96. The van der Waals surface area contributed by atoms with Crippen LogP contribution < -0.4 is 15.4 Å². The van der Waals surface area contributed by atoms with Gasteiger partial charge < -0.3 is 15.4 Å². The number of anilines is 1. The van der Waals surface area contributed by atoms with Crippen molar-refractivity contribution in [3.8, 4) is 5.75 Å². The van der Waals surface area contributed by atoms with Gasteiger partial charge in [-0.1, -0.05) is 30.3 Å². The van der Waals surface area contributed by atoms with Gasteiger partial charge in [0, 0.05) is 18.5 Å². The van der Waals surface area contributed by atoms with Gasteiger partial charge in [-0.15, -0.1) is 0 Å². The van der Waals surface area contributed by atoms with E-state index in [-0.39, 0.29) is 24.8 Å². The highest BCUT2D eigenvalue weighted by atomic mass is 16.5. The van der Waals surface area contributed by atoms with E-state index in [2.05, 4.69) is 10.6 Å². The van der Waals surface area contributed by atoms with Crippen LogP contribution in [0.2, 0.25) is 0 Å². The predicted molar refractivity (Wildman–Crippen MR) is 89.6 cm³/mol. The minimum absolute atomic E-state index is 0.175. The molecule has 0 atom stereocenters. The molecule has 23 heavy (non-hydrogen) atoms. The number of ether oxygens (including phenoxy) is 1. The third-order valence-electron chi connectivity index (χ3n) is 3.13. The van der Waals surface area contributed by atoms with Gasteiger partial charge in [-0.3, -0.25) is 9.59 Å². The zero-order chi connectivity index (χ0) is 16.5. The largest absolute Gasteiger partial charge is 0.492 e. The summed E-state index contributed by atoms with van der Waals surface area (Å²) in [5, 5.41) is 5.52. The second kappa shape index (κ2) is 8.58. The van der Waals surface area contributed by atoms with Crippen LogP contribution in [0.3, 0.4) is 0 Å².